The van der Waals surface area contributed by atoms with Crippen molar-refractivity contribution in [3.05, 3.63) is 218 Å². The molecule has 0 spiro atoms. The van der Waals surface area contributed by atoms with Crippen molar-refractivity contribution in [3.8, 4) is 27.9 Å². The summed E-state index contributed by atoms with van der Waals surface area (Å²) in [5, 5.41) is 9.65. The molecule has 0 saturated heterocycles. The first-order chi connectivity index (χ1) is 29.3. The van der Waals surface area contributed by atoms with Crippen LogP contribution < -0.4 is 4.90 Å². The Hall–Kier alpha value is -7.88. The van der Waals surface area contributed by atoms with Crippen LogP contribution in [0.25, 0.3) is 93.2 Å². The normalized spacial score (nSPS) is 11.7. The third kappa shape index (κ3) is 5.36. The van der Waals surface area contributed by atoms with Crippen molar-refractivity contribution in [1.82, 2.24) is 4.57 Å². The summed E-state index contributed by atoms with van der Waals surface area (Å²) >= 11 is 0. The predicted octanol–water partition coefficient (Wildman–Crippen LogP) is 15.8. The first kappa shape index (κ1) is 33.3. The molecule has 0 atom stereocenters. The van der Waals surface area contributed by atoms with Crippen LogP contribution in [-0.4, -0.2) is 4.57 Å². The molecule has 2 heterocycles. The Morgan fingerprint density at radius 3 is 1.80 bits per heavy atom. The number of nitrogens with zero attached hydrogens (tertiary/aromatic N) is 2. The first-order valence-electron chi connectivity index (χ1n) is 20.2. The lowest BCUT2D eigenvalue weighted by atomic mass is 9.98. The van der Waals surface area contributed by atoms with E-state index in [2.05, 4.69) is 216 Å². The van der Waals surface area contributed by atoms with Crippen LogP contribution in [-0.2, 0) is 0 Å². The molecule has 0 aliphatic carbocycles. The van der Waals surface area contributed by atoms with Gasteiger partial charge in [0, 0.05) is 43.9 Å². The van der Waals surface area contributed by atoms with Gasteiger partial charge in [-0.3, -0.25) is 0 Å². The summed E-state index contributed by atoms with van der Waals surface area (Å²) < 4.78 is 8.74. The lowest BCUT2D eigenvalue weighted by Gasteiger charge is -2.28. The zero-order valence-corrected chi connectivity index (χ0v) is 32.1. The quantitative estimate of drug-likeness (QED) is 0.158. The maximum Gasteiger partial charge on any atom is 0.136 e. The Morgan fingerprint density at radius 2 is 0.966 bits per heavy atom. The average Bonchev–Trinajstić information content (AvgIpc) is 3.85. The van der Waals surface area contributed by atoms with Crippen LogP contribution in [0.15, 0.2) is 223 Å². The third-order valence-electron chi connectivity index (χ3n) is 12.0. The minimum atomic E-state index is 0.892. The molecule has 59 heavy (non-hydrogen) atoms. The van der Waals surface area contributed by atoms with Gasteiger partial charge in [0.15, 0.2) is 0 Å². The molecule has 0 bridgehead atoms. The number of aromatic nitrogens is 1. The Balaban J connectivity index is 1.03. The van der Waals surface area contributed by atoms with Gasteiger partial charge in [-0.05, 0) is 99.6 Å². The Kier molecular flexibility index (Phi) is 7.54. The van der Waals surface area contributed by atoms with Gasteiger partial charge in [-0.2, -0.15) is 0 Å². The van der Waals surface area contributed by atoms with E-state index in [0.717, 1.165) is 61.4 Å². The van der Waals surface area contributed by atoms with Crippen molar-refractivity contribution in [1.29, 1.82) is 0 Å². The summed E-state index contributed by atoms with van der Waals surface area (Å²) in [6.07, 6.45) is 0. The molecule has 0 radical (unpaired) electrons. The molecule has 12 rings (SSSR count). The highest BCUT2D eigenvalue weighted by molar-refractivity contribution is 6.15. The molecule has 0 fully saturated rings. The van der Waals surface area contributed by atoms with Crippen molar-refractivity contribution in [2.24, 2.45) is 0 Å². The highest BCUT2D eigenvalue weighted by Gasteiger charge is 2.20. The van der Waals surface area contributed by atoms with Crippen LogP contribution >= 0.6 is 0 Å². The number of fused-ring (bicyclic) bond motifs is 9. The molecule has 0 unspecified atom stereocenters. The van der Waals surface area contributed by atoms with Gasteiger partial charge in [0.1, 0.15) is 11.2 Å². The Labute approximate surface area is 341 Å². The molecule has 0 aliphatic heterocycles. The minimum Gasteiger partial charge on any atom is -0.456 e. The summed E-state index contributed by atoms with van der Waals surface area (Å²) in [6, 6.07) is 78.8. The van der Waals surface area contributed by atoms with Crippen molar-refractivity contribution in [3.63, 3.8) is 0 Å². The number of hydrogen-bond acceptors (Lipinski definition) is 2. The van der Waals surface area contributed by atoms with Crippen molar-refractivity contribution in [2.75, 3.05) is 4.90 Å². The third-order valence-corrected chi connectivity index (χ3v) is 12.0. The van der Waals surface area contributed by atoms with Crippen LogP contribution in [0.2, 0.25) is 0 Å². The zero-order chi connectivity index (χ0) is 38.9. The summed E-state index contributed by atoms with van der Waals surface area (Å²) in [7, 11) is 0. The fourth-order valence-electron chi connectivity index (χ4n) is 9.27. The van der Waals surface area contributed by atoms with E-state index in [1.54, 1.807) is 0 Å². The van der Waals surface area contributed by atoms with E-state index >= 15 is 0 Å². The highest BCUT2D eigenvalue weighted by Crippen LogP contribution is 2.44. The minimum absolute atomic E-state index is 0.892. The molecule has 3 heteroatoms. The predicted molar refractivity (Wildman–Crippen MR) is 249 cm³/mol. The number of furan rings is 1. The van der Waals surface area contributed by atoms with Crippen LogP contribution in [0.5, 0.6) is 0 Å². The van der Waals surface area contributed by atoms with Crippen LogP contribution in [0.1, 0.15) is 0 Å². The molecule has 0 aliphatic rings. The Morgan fingerprint density at radius 1 is 0.356 bits per heavy atom. The van der Waals surface area contributed by atoms with E-state index in [-0.39, 0.29) is 0 Å². The number of para-hydroxylation sites is 4. The standard InChI is InChI=1S/C56H36N2O/c1-2-18-45-37(13-1)27-28-39-14-12-25-53(56(39)45)57(43-16-11-15-40(35-43)41-31-34-49-48-21-6-10-26-54(48)59-55(49)36-41)42-32-29-38(30-33-42)44-17-3-7-22-50(44)58-51-23-8-4-19-46(51)47-20-5-9-24-52(47)58/h1-36H. The van der Waals surface area contributed by atoms with Gasteiger partial charge < -0.3 is 13.9 Å². The van der Waals surface area contributed by atoms with Crippen molar-refractivity contribution >= 4 is 82.4 Å². The molecule has 2 aromatic heterocycles. The fourth-order valence-corrected chi connectivity index (χ4v) is 9.27. The highest BCUT2D eigenvalue weighted by atomic mass is 16.3. The molecule has 12 aromatic rings. The fraction of sp³-hybridized carbons (Fsp3) is 0. The van der Waals surface area contributed by atoms with Gasteiger partial charge in [0.2, 0.25) is 0 Å². The molecule has 276 valence electrons. The van der Waals surface area contributed by atoms with Gasteiger partial charge in [0.05, 0.1) is 22.4 Å². The van der Waals surface area contributed by atoms with Gasteiger partial charge >= 0.3 is 0 Å². The summed E-state index contributed by atoms with van der Waals surface area (Å²) in [5.74, 6) is 0. The lowest BCUT2D eigenvalue weighted by molar-refractivity contribution is 0.669. The van der Waals surface area contributed by atoms with E-state index in [1.807, 2.05) is 12.1 Å². The SMILES string of the molecule is c1cc(-c2ccc3c(c2)oc2ccccc23)cc(N(c2ccc(-c3ccccc3-n3c4ccccc4c4ccccc43)cc2)c2cccc3ccc4ccccc4c23)c1. The van der Waals surface area contributed by atoms with E-state index in [1.165, 1.54) is 48.9 Å². The number of hydrogen-bond donors (Lipinski definition) is 0. The second kappa shape index (κ2) is 13.4. The zero-order valence-electron chi connectivity index (χ0n) is 32.1. The van der Waals surface area contributed by atoms with Gasteiger partial charge in [-0.25, -0.2) is 0 Å². The van der Waals surface area contributed by atoms with Crippen molar-refractivity contribution in [2.45, 2.75) is 0 Å². The smallest absolute Gasteiger partial charge is 0.136 e. The first-order valence-corrected chi connectivity index (χ1v) is 20.2. The molecular formula is C56H36N2O. The topological polar surface area (TPSA) is 21.3 Å². The van der Waals surface area contributed by atoms with Gasteiger partial charge in [0.25, 0.3) is 0 Å². The number of rotatable bonds is 6. The number of benzene rings is 10. The molecule has 10 aromatic carbocycles. The summed E-state index contributed by atoms with van der Waals surface area (Å²) in [6.45, 7) is 0. The second-order valence-electron chi connectivity index (χ2n) is 15.3. The molecule has 0 amide bonds. The van der Waals surface area contributed by atoms with Crippen molar-refractivity contribution < 1.29 is 4.42 Å². The van der Waals surface area contributed by atoms with E-state index in [4.69, 9.17) is 4.42 Å². The molecule has 0 N–H and O–H groups in total. The van der Waals surface area contributed by atoms with E-state index in [9.17, 15) is 0 Å². The molecule has 0 saturated carbocycles. The van der Waals surface area contributed by atoms with Gasteiger partial charge in [-0.15, -0.1) is 0 Å². The lowest BCUT2D eigenvalue weighted by Crippen LogP contribution is -2.10. The van der Waals surface area contributed by atoms with E-state index in [0.29, 0.717) is 0 Å². The largest absolute Gasteiger partial charge is 0.456 e. The second-order valence-corrected chi connectivity index (χ2v) is 15.3. The summed E-state index contributed by atoms with van der Waals surface area (Å²) in [4.78, 5) is 2.42. The monoisotopic (exact) mass is 752 g/mol. The van der Waals surface area contributed by atoms with Crippen LogP contribution in [0.3, 0.4) is 0 Å². The number of anilines is 3. The van der Waals surface area contributed by atoms with Crippen LogP contribution in [0.4, 0.5) is 17.1 Å². The maximum atomic E-state index is 6.33. The van der Waals surface area contributed by atoms with Crippen LogP contribution in [0, 0.1) is 0 Å². The Bertz CT molecular complexity index is 3520. The molecule has 3 nitrogen and oxygen atoms in total. The van der Waals surface area contributed by atoms with Gasteiger partial charge in [-0.1, -0.05) is 152 Å². The summed E-state index contributed by atoms with van der Waals surface area (Å²) in [5.41, 5.74) is 13.2. The average molecular weight is 753 g/mol. The van der Waals surface area contributed by atoms with E-state index < -0.39 is 0 Å². The molecular weight excluding hydrogens is 717 g/mol. The maximum absolute atomic E-state index is 6.33.